The molecule has 2 aromatic rings. The summed E-state index contributed by atoms with van der Waals surface area (Å²) in [6.07, 6.45) is 0.583. The van der Waals surface area contributed by atoms with E-state index in [1.165, 1.54) is 11.0 Å². The molecular weight excluding hydrogens is 327 g/mol. The smallest absolute Gasteiger partial charge is 0.273 e. The number of carbonyl (C=O) groups excluding carboxylic acids is 1. The van der Waals surface area contributed by atoms with Crippen LogP contribution in [0.2, 0.25) is 0 Å². The lowest BCUT2D eigenvalue weighted by Crippen LogP contribution is -2.39. The van der Waals surface area contributed by atoms with Gasteiger partial charge in [-0.25, -0.2) is 9.37 Å². The van der Waals surface area contributed by atoms with E-state index in [2.05, 4.69) is 20.9 Å². The fraction of sp³-hybridized carbons (Fsp3) is 0.143. The number of likely N-dealkylation sites (N-methyl/N-ethyl adjacent to an activating group) is 1. The van der Waals surface area contributed by atoms with E-state index >= 15 is 0 Å². The van der Waals surface area contributed by atoms with Crippen LogP contribution in [-0.4, -0.2) is 17.9 Å². The molecule has 1 unspecified atom stereocenters. The maximum absolute atomic E-state index is 13.9. The third-order valence-electron chi connectivity index (χ3n) is 3.10. The van der Waals surface area contributed by atoms with Crippen molar-refractivity contribution in [1.29, 1.82) is 0 Å². The second kappa shape index (κ2) is 4.86. The van der Waals surface area contributed by atoms with Crippen molar-refractivity contribution in [3.63, 3.8) is 0 Å². The Morgan fingerprint density at radius 2 is 2.15 bits per heavy atom. The molecule has 0 saturated heterocycles. The van der Waals surface area contributed by atoms with Crippen LogP contribution in [0.15, 0.2) is 41.0 Å². The molecule has 1 aromatic carbocycles. The van der Waals surface area contributed by atoms with Gasteiger partial charge in [-0.05, 0) is 28.1 Å². The molecule has 0 bridgehead atoms. The van der Waals surface area contributed by atoms with E-state index in [0.29, 0.717) is 11.6 Å². The molecule has 0 fully saturated rings. The van der Waals surface area contributed by atoms with Gasteiger partial charge in [0, 0.05) is 23.3 Å². The van der Waals surface area contributed by atoms with Crippen molar-refractivity contribution in [2.24, 2.45) is 0 Å². The highest BCUT2D eigenvalue weighted by molar-refractivity contribution is 9.10. The number of halogens is 2. The number of anilines is 1. The Kier molecular flexibility index (Phi) is 3.17. The molecule has 1 aliphatic heterocycles. The minimum Gasteiger partial charge on any atom is -0.472 e. The van der Waals surface area contributed by atoms with Gasteiger partial charge in [0.25, 0.3) is 5.91 Å². The number of fused-ring (bicyclic) bond motifs is 1. The van der Waals surface area contributed by atoms with Crippen LogP contribution >= 0.6 is 15.9 Å². The first-order valence-electron chi connectivity index (χ1n) is 5.92. The van der Waals surface area contributed by atoms with E-state index in [4.69, 9.17) is 4.74 Å². The number of hydrogen-bond donors (Lipinski definition) is 0. The molecule has 0 spiro atoms. The molecule has 1 amide bonds. The summed E-state index contributed by atoms with van der Waals surface area (Å²) in [7, 11) is 1.60. The average Bonchev–Trinajstić information content (AvgIpc) is 2.43. The van der Waals surface area contributed by atoms with Gasteiger partial charge in [0.05, 0.1) is 0 Å². The summed E-state index contributed by atoms with van der Waals surface area (Å²) < 4.78 is 20.2. The van der Waals surface area contributed by atoms with E-state index < -0.39 is 11.9 Å². The number of pyridine rings is 1. The van der Waals surface area contributed by atoms with E-state index in [-0.39, 0.29) is 11.5 Å². The maximum atomic E-state index is 13.9. The van der Waals surface area contributed by atoms with Crippen molar-refractivity contribution in [2.75, 3.05) is 11.9 Å². The van der Waals surface area contributed by atoms with Gasteiger partial charge in [-0.2, -0.15) is 0 Å². The normalized spacial score (nSPS) is 17.6. The summed E-state index contributed by atoms with van der Waals surface area (Å²) in [5.74, 6) is 0.0450. The lowest BCUT2D eigenvalue weighted by Gasteiger charge is -2.31. The summed E-state index contributed by atoms with van der Waals surface area (Å²) in [6, 6.07) is 7.80. The summed E-state index contributed by atoms with van der Waals surface area (Å²) >= 11 is 3.30. The first-order chi connectivity index (χ1) is 9.58. The summed E-state index contributed by atoms with van der Waals surface area (Å²) in [5.41, 5.74) is 0.218. The number of hydrogen-bond acceptors (Lipinski definition) is 3. The average molecular weight is 337 g/mol. The third-order valence-corrected chi connectivity index (χ3v) is 3.54. The zero-order valence-electron chi connectivity index (χ0n) is 10.5. The van der Waals surface area contributed by atoms with Gasteiger partial charge >= 0.3 is 0 Å². The van der Waals surface area contributed by atoms with Crippen molar-refractivity contribution < 1.29 is 13.9 Å². The van der Waals surface area contributed by atoms with E-state index in [1.54, 1.807) is 37.5 Å². The van der Waals surface area contributed by atoms with Gasteiger partial charge in [-0.1, -0.05) is 18.2 Å². The predicted octanol–water partition coefficient (Wildman–Crippen LogP) is 3.08. The summed E-state index contributed by atoms with van der Waals surface area (Å²) in [4.78, 5) is 17.8. The van der Waals surface area contributed by atoms with E-state index in [9.17, 15) is 9.18 Å². The van der Waals surface area contributed by atoms with Crippen LogP contribution in [0.25, 0.3) is 0 Å². The number of aromatic nitrogens is 1. The summed E-state index contributed by atoms with van der Waals surface area (Å²) in [6.45, 7) is 0. The predicted molar refractivity (Wildman–Crippen MR) is 75.1 cm³/mol. The van der Waals surface area contributed by atoms with Crippen LogP contribution in [0.1, 0.15) is 11.7 Å². The molecule has 20 heavy (non-hydrogen) atoms. The van der Waals surface area contributed by atoms with E-state index in [1.807, 2.05) is 0 Å². The van der Waals surface area contributed by atoms with Crippen LogP contribution in [0.3, 0.4) is 0 Å². The molecule has 0 N–H and O–H groups in total. The zero-order valence-corrected chi connectivity index (χ0v) is 12.1. The highest BCUT2D eigenvalue weighted by atomic mass is 79.9. The van der Waals surface area contributed by atoms with Crippen LogP contribution in [0, 0.1) is 5.82 Å². The molecule has 2 heterocycles. The zero-order chi connectivity index (χ0) is 14.3. The van der Waals surface area contributed by atoms with E-state index in [0.717, 1.165) is 4.47 Å². The van der Waals surface area contributed by atoms with Crippen molar-refractivity contribution >= 4 is 27.7 Å². The second-order valence-electron chi connectivity index (χ2n) is 4.39. The van der Waals surface area contributed by atoms with Gasteiger partial charge in [0.2, 0.25) is 6.10 Å². The topological polar surface area (TPSA) is 42.4 Å². The van der Waals surface area contributed by atoms with Crippen LogP contribution in [0.5, 0.6) is 5.75 Å². The molecule has 6 heteroatoms. The number of rotatable bonds is 1. The number of carbonyl (C=O) groups is 1. The molecule has 0 saturated carbocycles. The number of benzene rings is 1. The molecule has 0 radical (unpaired) electrons. The van der Waals surface area contributed by atoms with Crippen molar-refractivity contribution in [1.82, 2.24) is 4.98 Å². The SMILES string of the molecule is CN1C(=O)C(c2ccccc2F)Oc2cc(Br)cnc21. The third kappa shape index (κ3) is 2.06. The van der Waals surface area contributed by atoms with Crippen LogP contribution in [-0.2, 0) is 4.79 Å². The Labute approximate surface area is 123 Å². The van der Waals surface area contributed by atoms with Gasteiger partial charge in [-0.3, -0.25) is 9.69 Å². The first-order valence-corrected chi connectivity index (χ1v) is 6.71. The molecule has 1 aliphatic rings. The van der Waals surface area contributed by atoms with Crippen molar-refractivity contribution in [3.8, 4) is 5.75 Å². The Balaban J connectivity index is 2.08. The molecular formula is C14H10BrFN2O2. The minimum atomic E-state index is -0.996. The largest absolute Gasteiger partial charge is 0.472 e. The Morgan fingerprint density at radius 3 is 2.90 bits per heavy atom. The fourth-order valence-corrected chi connectivity index (χ4v) is 2.40. The standard InChI is InChI=1S/C14H10BrFN2O2/c1-18-13-11(6-8(15)7-17-13)20-12(14(18)19)9-4-2-3-5-10(9)16/h2-7,12H,1H3. The molecule has 102 valence electrons. The Hall–Kier alpha value is -1.95. The highest BCUT2D eigenvalue weighted by Crippen LogP contribution is 2.38. The number of nitrogens with zero attached hydrogens (tertiary/aromatic N) is 2. The molecule has 4 nitrogen and oxygen atoms in total. The number of ether oxygens (including phenoxy) is 1. The van der Waals surface area contributed by atoms with Crippen molar-refractivity contribution in [3.05, 3.63) is 52.4 Å². The Morgan fingerprint density at radius 1 is 1.40 bits per heavy atom. The van der Waals surface area contributed by atoms with Crippen molar-refractivity contribution in [2.45, 2.75) is 6.10 Å². The minimum absolute atomic E-state index is 0.218. The lowest BCUT2D eigenvalue weighted by atomic mass is 10.1. The first kappa shape index (κ1) is 13.1. The molecule has 1 atom stereocenters. The van der Waals surface area contributed by atoms with Gasteiger partial charge in [0.15, 0.2) is 11.6 Å². The maximum Gasteiger partial charge on any atom is 0.273 e. The Bertz CT molecular complexity index is 693. The number of amides is 1. The quantitative estimate of drug-likeness (QED) is 0.803. The van der Waals surface area contributed by atoms with Gasteiger partial charge < -0.3 is 4.74 Å². The van der Waals surface area contributed by atoms with Crippen LogP contribution < -0.4 is 9.64 Å². The molecule has 3 rings (SSSR count). The van der Waals surface area contributed by atoms with Gasteiger partial charge in [0.1, 0.15) is 5.82 Å². The summed E-state index contributed by atoms with van der Waals surface area (Å²) in [5, 5.41) is 0. The van der Waals surface area contributed by atoms with Crippen LogP contribution in [0.4, 0.5) is 10.2 Å². The molecule has 1 aromatic heterocycles. The monoisotopic (exact) mass is 336 g/mol. The van der Waals surface area contributed by atoms with Gasteiger partial charge in [-0.15, -0.1) is 0 Å². The lowest BCUT2D eigenvalue weighted by molar-refractivity contribution is -0.126. The second-order valence-corrected chi connectivity index (χ2v) is 5.31. The highest BCUT2D eigenvalue weighted by Gasteiger charge is 2.35. The fourth-order valence-electron chi connectivity index (χ4n) is 2.09. The molecule has 0 aliphatic carbocycles.